The van der Waals surface area contributed by atoms with E-state index < -0.39 is 0 Å². The van der Waals surface area contributed by atoms with Crippen molar-refractivity contribution in [3.05, 3.63) is 64.4 Å². The lowest BCUT2D eigenvalue weighted by Gasteiger charge is -2.28. The molecule has 106 valence electrons. The largest absolute Gasteiger partial charge is 0.365 e. The molecule has 0 spiro atoms. The molecule has 1 nitrogen and oxygen atoms in total. The van der Waals surface area contributed by atoms with Crippen LogP contribution in [0.25, 0.3) is 0 Å². The van der Waals surface area contributed by atoms with Gasteiger partial charge in [-0.15, -0.1) is 0 Å². The van der Waals surface area contributed by atoms with Gasteiger partial charge in [0.1, 0.15) is 5.82 Å². The van der Waals surface area contributed by atoms with Crippen LogP contribution in [0.1, 0.15) is 24.1 Å². The van der Waals surface area contributed by atoms with Gasteiger partial charge in [0.05, 0.1) is 11.7 Å². The molecule has 4 heteroatoms. The Labute approximate surface area is 132 Å². The first-order chi connectivity index (χ1) is 9.52. The maximum atomic E-state index is 14.2. The lowest BCUT2D eigenvalue weighted by atomic mass is 10.1. The van der Waals surface area contributed by atoms with Gasteiger partial charge in [0.15, 0.2) is 0 Å². The number of nitrogens with zero attached hydrogens (tertiary/aromatic N) is 1. The van der Waals surface area contributed by atoms with Crippen LogP contribution < -0.4 is 4.90 Å². The van der Waals surface area contributed by atoms with Crippen LogP contribution >= 0.6 is 27.5 Å². The molecule has 0 fully saturated rings. The van der Waals surface area contributed by atoms with Gasteiger partial charge < -0.3 is 4.90 Å². The number of hydrogen-bond donors (Lipinski definition) is 0. The van der Waals surface area contributed by atoms with Crippen molar-refractivity contribution in [3.8, 4) is 0 Å². The van der Waals surface area contributed by atoms with Crippen LogP contribution in [0.5, 0.6) is 0 Å². The Morgan fingerprint density at radius 3 is 2.60 bits per heavy atom. The van der Waals surface area contributed by atoms with E-state index in [0.29, 0.717) is 16.0 Å². The molecule has 1 unspecified atom stereocenters. The quantitative estimate of drug-likeness (QED) is 0.647. The number of benzene rings is 2. The summed E-state index contributed by atoms with van der Waals surface area (Å²) in [6.07, 6.45) is 0. The van der Waals surface area contributed by atoms with Gasteiger partial charge in [-0.1, -0.05) is 45.7 Å². The summed E-state index contributed by atoms with van der Waals surface area (Å²) in [4.78, 5) is 1.92. The van der Waals surface area contributed by atoms with Gasteiger partial charge in [-0.25, -0.2) is 4.39 Å². The van der Waals surface area contributed by atoms with Crippen molar-refractivity contribution < 1.29 is 4.39 Å². The summed E-state index contributed by atoms with van der Waals surface area (Å²) < 4.78 is 14.2. The van der Waals surface area contributed by atoms with Crippen molar-refractivity contribution in [2.45, 2.75) is 18.3 Å². The number of rotatable bonds is 4. The number of alkyl halides is 1. The minimum atomic E-state index is -0.210. The van der Waals surface area contributed by atoms with Crippen molar-refractivity contribution in [2.75, 3.05) is 11.9 Å². The van der Waals surface area contributed by atoms with Crippen LogP contribution in [0.4, 0.5) is 10.1 Å². The van der Waals surface area contributed by atoms with E-state index in [9.17, 15) is 4.39 Å². The van der Waals surface area contributed by atoms with E-state index in [1.807, 2.05) is 55.3 Å². The summed E-state index contributed by atoms with van der Waals surface area (Å²) in [7, 11) is 1.89. The molecule has 20 heavy (non-hydrogen) atoms. The van der Waals surface area contributed by atoms with Crippen LogP contribution in [0, 0.1) is 5.82 Å². The average molecular weight is 357 g/mol. The molecular formula is C16H16BrClFN. The second-order valence-electron chi connectivity index (χ2n) is 4.76. The van der Waals surface area contributed by atoms with Gasteiger partial charge in [0.25, 0.3) is 0 Å². The van der Waals surface area contributed by atoms with Crippen molar-refractivity contribution >= 4 is 33.2 Å². The lowest BCUT2D eigenvalue weighted by molar-refractivity contribution is 0.610. The average Bonchev–Trinajstić information content (AvgIpc) is 2.45. The fraction of sp³-hybridized carbons (Fsp3) is 0.250. The summed E-state index contributed by atoms with van der Waals surface area (Å²) in [6, 6.07) is 13.0. The third-order valence-corrected chi connectivity index (χ3v) is 4.34. The highest BCUT2D eigenvalue weighted by atomic mass is 79.9. The molecule has 0 N–H and O–H groups in total. The third kappa shape index (κ3) is 3.33. The zero-order valence-electron chi connectivity index (χ0n) is 11.4. The maximum Gasteiger partial charge on any atom is 0.146 e. The van der Waals surface area contributed by atoms with Crippen LogP contribution in [0.3, 0.4) is 0 Å². The Hall–Kier alpha value is -1.06. The van der Waals surface area contributed by atoms with Crippen LogP contribution in [0.15, 0.2) is 42.5 Å². The summed E-state index contributed by atoms with van der Waals surface area (Å²) in [5.74, 6) is -0.210. The minimum Gasteiger partial charge on any atom is -0.365 e. The Kier molecular flexibility index (Phi) is 5.06. The smallest absolute Gasteiger partial charge is 0.146 e. The lowest BCUT2D eigenvalue weighted by Crippen LogP contribution is -2.22. The molecule has 0 saturated heterocycles. The van der Waals surface area contributed by atoms with Crippen LogP contribution in [0.2, 0.25) is 5.02 Å². The van der Waals surface area contributed by atoms with E-state index in [2.05, 4.69) is 15.9 Å². The Morgan fingerprint density at radius 1 is 1.25 bits per heavy atom. The van der Waals surface area contributed by atoms with Crippen molar-refractivity contribution in [2.24, 2.45) is 0 Å². The van der Waals surface area contributed by atoms with Crippen molar-refractivity contribution in [3.63, 3.8) is 0 Å². The molecule has 0 bridgehead atoms. The van der Waals surface area contributed by atoms with Gasteiger partial charge in [0.2, 0.25) is 0 Å². The fourth-order valence-corrected chi connectivity index (χ4v) is 2.67. The molecule has 0 aliphatic heterocycles. The van der Waals surface area contributed by atoms with Crippen molar-refractivity contribution in [1.82, 2.24) is 0 Å². The first kappa shape index (κ1) is 15.3. The molecule has 0 aliphatic rings. The predicted molar refractivity (Wildman–Crippen MR) is 87.3 cm³/mol. The van der Waals surface area contributed by atoms with Crippen LogP contribution in [-0.2, 0) is 5.33 Å². The van der Waals surface area contributed by atoms with Gasteiger partial charge in [-0.3, -0.25) is 0 Å². The van der Waals surface area contributed by atoms with Gasteiger partial charge >= 0.3 is 0 Å². The standard InChI is InChI=1S/C16H16BrClFN/c1-11(13-4-3-5-14(18)9-13)20(2)16-7-6-12(10-17)8-15(16)19/h3-9,11H,10H2,1-2H3. The molecule has 0 saturated carbocycles. The molecule has 0 amide bonds. The first-order valence-electron chi connectivity index (χ1n) is 6.35. The molecule has 0 aliphatic carbocycles. The number of anilines is 1. The zero-order valence-corrected chi connectivity index (χ0v) is 13.7. The Balaban J connectivity index is 2.28. The summed E-state index contributed by atoms with van der Waals surface area (Å²) in [6.45, 7) is 2.03. The molecule has 2 aromatic rings. The minimum absolute atomic E-state index is 0.0398. The molecule has 2 rings (SSSR count). The van der Waals surface area contributed by atoms with Crippen molar-refractivity contribution in [1.29, 1.82) is 0 Å². The Morgan fingerprint density at radius 2 is 2.00 bits per heavy atom. The summed E-state index contributed by atoms with van der Waals surface area (Å²) in [5, 5.41) is 1.34. The van der Waals surface area contributed by atoms with E-state index in [-0.39, 0.29) is 11.9 Å². The third-order valence-electron chi connectivity index (χ3n) is 3.46. The first-order valence-corrected chi connectivity index (χ1v) is 7.85. The number of hydrogen-bond acceptors (Lipinski definition) is 1. The Bertz CT molecular complexity index is 603. The molecule has 0 radical (unpaired) electrons. The van der Waals surface area contributed by atoms with Gasteiger partial charge in [-0.2, -0.15) is 0 Å². The molecule has 2 aromatic carbocycles. The van der Waals surface area contributed by atoms with Gasteiger partial charge in [-0.05, 0) is 42.3 Å². The second kappa shape index (κ2) is 6.59. The zero-order chi connectivity index (χ0) is 14.7. The van der Waals surface area contributed by atoms with E-state index in [1.165, 1.54) is 0 Å². The molecular weight excluding hydrogens is 341 g/mol. The van der Waals surface area contributed by atoms with E-state index in [0.717, 1.165) is 11.1 Å². The predicted octanol–water partition coefficient (Wildman–Crippen LogP) is 5.57. The summed E-state index contributed by atoms with van der Waals surface area (Å²) in [5.41, 5.74) is 2.57. The molecule has 0 aromatic heterocycles. The highest BCUT2D eigenvalue weighted by Crippen LogP contribution is 2.29. The molecule has 1 atom stereocenters. The topological polar surface area (TPSA) is 3.24 Å². The highest BCUT2D eigenvalue weighted by molar-refractivity contribution is 9.08. The van der Waals surface area contributed by atoms with E-state index in [1.54, 1.807) is 6.07 Å². The normalized spacial score (nSPS) is 12.2. The summed E-state index contributed by atoms with van der Waals surface area (Å²) >= 11 is 9.34. The second-order valence-corrected chi connectivity index (χ2v) is 5.76. The van der Waals surface area contributed by atoms with Crippen LogP contribution in [-0.4, -0.2) is 7.05 Å². The number of halogens is 3. The fourth-order valence-electron chi connectivity index (χ4n) is 2.12. The monoisotopic (exact) mass is 355 g/mol. The highest BCUT2D eigenvalue weighted by Gasteiger charge is 2.16. The van der Waals surface area contributed by atoms with E-state index in [4.69, 9.17) is 11.6 Å². The maximum absolute atomic E-state index is 14.2. The SMILES string of the molecule is CC(c1cccc(Cl)c1)N(C)c1ccc(CBr)cc1F. The van der Waals surface area contributed by atoms with Gasteiger partial charge in [0, 0.05) is 17.4 Å². The molecule has 0 heterocycles. The van der Waals surface area contributed by atoms with E-state index >= 15 is 0 Å².